The van der Waals surface area contributed by atoms with Crippen LogP contribution in [-0.4, -0.2) is 12.5 Å². The first-order chi connectivity index (χ1) is 7.47. The minimum absolute atomic E-state index is 0.00483. The summed E-state index contributed by atoms with van der Waals surface area (Å²) in [4.78, 5) is 11.0. The number of nitrogens with one attached hydrogen (secondary N) is 1. The number of benzene rings is 1. The van der Waals surface area contributed by atoms with Crippen LogP contribution in [0.25, 0.3) is 0 Å². The first kappa shape index (κ1) is 11.0. The lowest BCUT2D eigenvalue weighted by atomic mass is 9.97. The van der Waals surface area contributed by atoms with Crippen molar-refractivity contribution in [3.05, 3.63) is 35.4 Å². The molecule has 1 heterocycles. The molecular formula is C11H10F3NO. The molecule has 1 amide bonds. The van der Waals surface area contributed by atoms with Crippen LogP contribution in [0.4, 0.5) is 13.2 Å². The van der Waals surface area contributed by atoms with Gasteiger partial charge in [0.1, 0.15) is 0 Å². The summed E-state index contributed by atoms with van der Waals surface area (Å²) in [5, 5.41) is 2.65. The van der Waals surface area contributed by atoms with Crippen LogP contribution >= 0.6 is 0 Å². The Balaban J connectivity index is 2.17. The maximum absolute atomic E-state index is 12.3. The highest BCUT2D eigenvalue weighted by Gasteiger charge is 2.30. The number of hydrogen-bond acceptors (Lipinski definition) is 1. The molecule has 0 aliphatic carbocycles. The Morgan fingerprint density at radius 3 is 2.25 bits per heavy atom. The van der Waals surface area contributed by atoms with E-state index in [2.05, 4.69) is 5.32 Å². The van der Waals surface area contributed by atoms with E-state index in [1.54, 1.807) is 0 Å². The zero-order chi connectivity index (χ0) is 11.8. The minimum Gasteiger partial charge on any atom is -0.355 e. The highest BCUT2D eigenvalue weighted by atomic mass is 19.4. The number of amides is 1. The summed E-state index contributed by atoms with van der Waals surface area (Å²) in [5.41, 5.74) is 0.111. The number of carbonyl (C=O) groups is 1. The van der Waals surface area contributed by atoms with E-state index < -0.39 is 11.7 Å². The third-order valence-electron chi connectivity index (χ3n) is 2.69. The van der Waals surface area contributed by atoms with E-state index in [9.17, 15) is 18.0 Å². The lowest BCUT2D eigenvalue weighted by Gasteiger charge is -2.10. The van der Waals surface area contributed by atoms with Gasteiger partial charge in [0, 0.05) is 18.9 Å². The Morgan fingerprint density at radius 1 is 1.19 bits per heavy atom. The Morgan fingerprint density at radius 2 is 1.81 bits per heavy atom. The highest BCUT2D eigenvalue weighted by molar-refractivity contribution is 5.79. The topological polar surface area (TPSA) is 29.1 Å². The molecule has 1 aromatic rings. The van der Waals surface area contributed by atoms with E-state index in [-0.39, 0.29) is 11.8 Å². The first-order valence-electron chi connectivity index (χ1n) is 4.90. The van der Waals surface area contributed by atoms with Crippen LogP contribution in [0.1, 0.15) is 23.5 Å². The van der Waals surface area contributed by atoms with Crippen molar-refractivity contribution >= 4 is 5.91 Å². The predicted octanol–water partition coefficient (Wildman–Crippen LogP) is 2.31. The van der Waals surface area contributed by atoms with Gasteiger partial charge in [0.2, 0.25) is 5.91 Å². The highest BCUT2D eigenvalue weighted by Crippen LogP contribution is 2.31. The quantitative estimate of drug-likeness (QED) is 0.786. The summed E-state index contributed by atoms with van der Waals surface area (Å²) in [6.07, 6.45) is -3.95. The van der Waals surface area contributed by atoms with E-state index in [1.165, 1.54) is 12.1 Å². The summed E-state index contributed by atoms with van der Waals surface area (Å²) >= 11 is 0. The molecule has 0 aromatic heterocycles. The molecule has 0 saturated carbocycles. The van der Waals surface area contributed by atoms with Crippen LogP contribution in [0.2, 0.25) is 0 Å². The normalized spacial score (nSPS) is 20.9. The summed E-state index contributed by atoms with van der Waals surface area (Å²) in [6.45, 7) is 0.504. The van der Waals surface area contributed by atoms with Gasteiger partial charge in [0.25, 0.3) is 0 Å². The van der Waals surface area contributed by atoms with E-state index in [0.29, 0.717) is 13.0 Å². The molecule has 1 atom stereocenters. The monoisotopic (exact) mass is 229 g/mol. The van der Waals surface area contributed by atoms with Gasteiger partial charge >= 0.3 is 6.18 Å². The minimum atomic E-state index is -4.30. The van der Waals surface area contributed by atoms with Gasteiger partial charge in [-0.15, -0.1) is 0 Å². The number of alkyl halides is 3. The van der Waals surface area contributed by atoms with Crippen LogP contribution in [0, 0.1) is 0 Å². The molecule has 1 saturated heterocycles. The molecule has 0 spiro atoms. The fourth-order valence-electron chi connectivity index (χ4n) is 1.79. The van der Waals surface area contributed by atoms with Crippen molar-refractivity contribution in [2.75, 3.05) is 6.54 Å². The third kappa shape index (κ3) is 2.18. The molecule has 0 radical (unpaired) electrons. The Hall–Kier alpha value is -1.52. The summed E-state index contributed by atoms with van der Waals surface area (Å²) < 4.78 is 36.9. The van der Waals surface area contributed by atoms with Gasteiger partial charge in [0.05, 0.1) is 5.56 Å². The van der Waals surface area contributed by atoms with E-state index >= 15 is 0 Å². The van der Waals surface area contributed by atoms with Crippen molar-refractivity contribution < 1.29 is 18.0 Å². The number of rotatable bonds is 1. The van der Waals surface area contributed by atoms with Gasteiger partial charge in [-0.25, -0.2) is 0 Å². The third-order valence-corrected chi connectivity index (χ3v) is 2.69. The molecule has 1 aromatic carbocycles. The van der Waals surface area contributed by atoms with Crippen LogP contribution in [0.15, 0.2) is 24.3 Å². The molecule has 1 aliphatic rings. The summed E-state index contributed by atoms with van der Waals surface area (Å²) in [7, 11) is 0. The lowest BCUT2D eigenvalue weighted by molar-refractivity contribution is -0.137. The average molecular weight is 229 g/mol. The maximum atomic E-state index is 12.3. The summed E-state index contributed by atoms with van der Waals surface area (Å²) in [6, 6.07) is 4.98. The van der Waals surface area contributed by atoms with Gasteiger partial charge in [-0.2, -0.15) is 13.2 Å². The van der Waals surface area contributed by atoms with Crippen LogP contribution < -0.4 is 5.32 Å². The Kier molecular flexibility index (Phi) is 2.61. The molecule has 86 valence electrons. The van der Waals surface area contributed by atoms with Crippen molar-refractivity contribution in [1.82, 2.24) is 5.32 Å². The lowest BCUT2D eigenvalue weighted by Crippen LogP contribution is -2.13. The van der Waals surface area contributed by atoms with Crippen LogP contribution in [-0.2, 0) is 11.0 Å². The van der Waals surface area contributed by atoms with Gasteiger partial charge < -0.3 is 5.32 Å². The molecule has 0 unspecified atom stereocenters. The van der Waals surface area contributed by atoms with Crippen molar-refractivity contribution in [1.29, 1.82) is 0 Å². The van der Waals surface area contributed by atoms with Gasteiger partial charge in [-0.1, -0.05) is 12.1 Å². The fourth-order valence-corrected chi connectivity index (χ4v) is 1.79. The fraction of sp³-hybridized carbons (Fsp3) is 0.364. The molecule has 0 bridgehead atoms. The first-order valence-corrected chi connectivity index (χ1v) is 4.90. The van der Waals surface area contributed by atoms with Gasteiger partial charge in [0.15, 0.2) is 0 Å². The van der Waals surface area contributed by atoms with E-state index in [0.717, 1.165) is 17.7 Å². The van der Waals surface area contributed by atoms with Crippen LogP contribution in [0.5, 0.6) is 0 Å². The molecule has 2 nitrogen and oxygen atoms in total. The SMILES string of the molecule is O=C1C[C@H](c2ccc(C(F)(F)F)cc2)CN1. The zero-order valence-corrected chi connectivity index (χ0v) is 8.34. The largest absolute Gasteiger partial charge is 0.416 e. The van der Waals surface area contributed by atoms with Crippen molar-refractivity contribution in [3.8, 4) is 0 Å². The number of hydrogen-bond donors (Lipinski definition) is 1. The van der Waals surface area contributed by atoms with Gasteiger partial charge in [-0.05, 0) is 17.7 Å². The van der Waals surface area contributed by atoms with Crippen molar-refractivity contribution in [2.45, 2.75) is 18.5 Å². The standard InChI is InChI=1S/C11H10F3NO/c12-11(13,14)9-3-1-7(2-4-9)8-5-10(16)15-6-8/h1-4,8H,5-6H2,(H,15,16)/t8-/m0/s1. The Bertz CT molecular complexity index is 397. The summed E-state index contributed by atoms with van der Waals surface area (Å²) in [5.74, 6) is -0.0559. The van der Waals surface area contributed by atoms with Crippen LogP contribution in [0.3, 0.4) is 0 Å². The molecule has 5 heteroatoms. The molecule has 1 N–H and O–H groups in total. The molecule has 2 rings (SSSR count). The predicted molar refractivity (Wildman–Crippen MR) is 51.8 cm³/mol. The second kappa shape index (κ2) is 3.81. The smallest absolute Gasteiger partial charge is 0.355 e. The Labute approximate surface area is 90.5 Å². The average Bonchev–Trinajstić information content (AvgIpc) is 2.64. The van der Waals surface area contributed by atoms with Crippen molar-refractivity contribution in [3.63, 3.8) is 0 Å². The molecule has 16 heavy (non-hydrogen) atoms. The van der Waals surface area contributed by atoms with Crippen molar-refractivity contribution in [2.24, 2.45) is 0 Å². The zero-order valence-electron chi connectivity index (χ0n) is 8.34. The molecular weight excluding hydrogens is 219 g/mol. The maximum Gasteiger partial charge on any atom is 0.416 e. The van der Waals surface area contributed by atoms with E-state index in [4.69, 9.17) is 0 Å². The molecule has 1 aliphatic heterocycles. The molecule has 1 fully saturated rings. The second-order valence-corrected chi connectivity index (χ2v) is 3.82. The van der Waals surface area contributed by atoms with E-state index in [1.807, 2.05) is 0 Å². The second-order valence-electron chi connectivity index (χ2n) is 3.82. The number of carbonyl (C=O) groups excluding carboxylic acids is 1. The number of halogens is 3. The van der Waals surface area contributed by atoms with Gasteiger partial charge in [-0.3, -0.25) is 4.79 Å².